The van der Waals surface area contributed by atoms with Crippen molar-refractivity contribution in [2.24, 2.45) is 0 Å². The van der Waals surface area contributed by atoms with Crippen molar-refractivity contribution in [3.8, 4) is 28.0 Å². The van der Waals surface area contributed by atoms with Gasteiger partial charge in [0, 0.05) is 11.8 Å². The van der Waals surface area contributed by atoms with Crippen LogP contribution in [0.3, 0.4) is 0 Å². The van der Waals surface area contributed by atoms with Gasteiger partial charge in [-0.25, -0.2) is 27.8 Å². The summed E-state index contributed by atoms with van der Waals surface area (Å²) < 4.78 is 55.0. The van der Waals surface area contributed by atoms with E-state index in [2.05, 4.69) is 29.9 Å². The summed E-state index contributed by atoms with van der Waals surface area (Å²) in [5.41, 5.74) is 1.28. The highest BCUT2D eigenvalue weighted by Crippen LogP contribution is 2.38. The average Bonchev–Trinajstić information content (AvgIpc) is 3.52. The Morgan fingerprint density at radius 2 is 1.73 bits per heavy atom. The number of methoxy groups -OCH3 is 2. The molecule has 1 aromatic carbocycles. The quantitative estimate of drug-likeness (QED) is 0.314. The third-order valence-electron chi connectivity index (χ3n) is 5.50. The molecule has 3 aromatic heterocycles. The van der Waals surface area contributed by atoms with E-state index in [4.69, 9.17) is 9.47 Å². The zero-order valence-corrected chi connectivity index (χ0v) is 22.5. The van der Waals surface area contributed by atoms with Crippen LogP contribution in [0.25, 0.3) is 16.5 Å². The fourth-order valence-electron chi connectivity index (χ4n) is 3.45. The second-order valence-electron chi connectivity index (χ2n) is 8.41. The Morgan fingerprint density at radius 3 is 2.30 bits per heavy atom. The monoisotopic (exact) mass is 547 g/mol. The van der Waals surface area contributed by atoms with Crippen molar-refractivity contribution in [1.82, 2.24) is 29.7 Å². The SMILES string of the molecule is COc1cccc(OC)c1-n1c(NS(=O)(=O)[C@@H](C)Cc2ncc(F)cn2)nnc1-c1nc(C(C)C)cs1. The average molecular weight is 548 g/mol. The maximum Gasteiger partial charge on any atom is 0.243 e. The first-order valence-corrected chi connectivity index (χ1v) is 13.7. The second-order valence-corrected chi connectivity index (χ2v) is 11.4. The van der Waals surface area contributed by atoms with Crippen molar-refractivity contribution in [2.75, 3.05) is 18.9 Å². The van der Waals surface area contributed by atoms with Crippen LogP contribution in [0, 0.1) is 5.82 Å². The van der Waals surface area contributed by atoms with Crippen molar-refractivity contribution in [2.45, 2.75) is 38.4 Å². The molecule has 37 heavy (non-hydrogen) atoms. The molecule has 0 fully saturated rings. The highest BCUT2D eigenvalue weighted by molar-refractivity contribution is 7.93. The number of benzene rings is 1. The van der Waals surface area contributed by atoms with Gasteiger partial charge < -0.3 is 9.47 Å². The number of nitrogens with zero attached hydrogens (tertiary/aromatic N) is 6. The van der Waals surface area contributed by atoms with E-state index in [0.717, 1.165) is 18.1 Å². The van der Waals surface area contributed by atoms with Gasteiger partial charge in [-0.05, 0) is 25.0 Å². The van der Waals surface area contributed by atoms with Crippen molar-refractivity contribution in [1.29, 1.82) is 0 Å². The van der Waals surface area contributed by atoms with Gasteiger partial charge in [0.2, 0.25) is 16.0 Å². The Hall–Kier alpha value is -3.65. The number of thiazole rings is 1. The summed E-state index contributed by atoms with van der Waals surface area (Å²) in [6.07, 6.45) is 1.94. The van der Waals surface area contributed by atoms with E-state index in [9.17, 15) is 12.8 Å². The van der Waals surface area contributed by atoms with Gasteiger partial charge in [-0.2, -0.15) is 0 Å². The fourth-order valence-corrected chi connectivity index (χ4v) is 5.36. The van der Waals surface area contributed by atoms with Crippen LogP contribution in [0.4, 0.5) is 10.3 Å². The summed E-state index contributed by atoms with van der Waals surface area (Å²) in [6, 6.07) is 5.19. The number of nitrogens with one attached hydrogen (secondary N) is 1. The van der Waals surface area contributed by atoms with Crippen LogP contribution < -0.4 is 14.2 Å². The van der Waals surface area contributed by atoms with E-state index in [1.165, 1.54) is 37.0 Å². The number of ether oxygens (including phenoxy) is 2. The Morgan fingerprint density at radius 1 is 1.08 bits per heavy atom. The van der Waals surface area contributed by atoms with E-state index < -0.39 is 21.1 Å². The van der Waals surface area contributed by atoms with Crippen LogP contribution in [0.1, 0.15) is 38.2 Å². The van der Waals surface area contributed by atoms with Crippen molar-refractivity contribution in [3.63, 3.8) is 0 Å². The minimum atomic E-state index is -4.01. The number of hydrogen-bond acceptors (Lipinski definition) is 10. The third kappa shape index (κ3) is 5.54. The molecule has 0 saturated heterocycles. The zero-order chi connectivity index (χ0) is 26.7. The van der Waals surface area contributed by atoms with Gasteiger partial charge in [0.15, 0.2) is 16.6 Å². The molecule has 0 amide bonds. The lowest BCUT2D eigenvalue weighted by atomic mass is 10.2. The minimum Gasteiger partial charge on any atom is -0.494 e. The fraction of sp³-hybridized carbons (Fsp3) is 0.348. The third-order valence-corrected chi connectivity index (χ3v) is 8.05. The predicted octanol–water partition coefficient (Wildman–Crippen LogP) is 3.83. The molecule has 0 aliphatic carbocycles. The lowest BCUT2D eigenvalue weighted by Gasteiger charge is -2.18. The molecule has 0 unspecified atom stereocenters. The van der Waals surface area contributed by atoms with Crippen LogP contribution in [-0.4, -0.2) is 57.6 Å². The van der Waals surface area contributed by atoms with Gasteiger partial charge in [0.1, 0.15) is 23.0 Å². The van der Waals surface area contributed by atoms with Gasteiger partial charge in [0.05, 0.1) is 37.6 Å². The lowest BCUT2D eigenvalue weighted by Crippen LogP contribution is -2.29. The first-order chi connectivity index (χ1) is 17.6. The number of aromatic nitrogens is 6. The van der Waals surface area contributed by atoms with Crippen molar-refractivity contribution < 1.29 is 22.3 Å². The number of halogens is 1. The Bertz CT molecular complexity index is 1470. The Labute approximate surface area is 217 Å². The molecule has 196 valence electrons. The molecule has 1 N–H and O–H groups in total. The number of rotatable bonds is 10. The summed E-state index contributed by atoms with van der Waals surface area (Å²) in [5.74, 6) is 0.833. The number of para-hydroxylation sites is 1. The van der Waals surface area contributed by atoms with Gasteiger partial charge >= 0.3 is 0 Å². The molecule has 11 nitrogen and oxygen atoms in total. The summed E-state index contributed by atoms with van der Waals surface area (Å²) >= 11 is 1.37. The molecular formula is C23H26FN7O4S2. The largest absolute Gasteiger partial charge is 0.494 e. The van der Waals surface area contributed by atoms with Gasteiger partial charge in [-0.1, -0.05) is 19.9 Å². The van der Waals surface area contributed by atoms with Gasteiger partial charge in [-0.3, -0.25) is 9.29 Å². The summed E-state index contributed by atoms with van der Waals surface area (Å²) in [4.78, 5) is 12.4. The molecule has 0 spiro atoms. The lowest BCUT2D eigenvalue weighted by molar-refractivity contribution is 0.391. The molecule has 1 atom stereocenters. The first-order valence-electron chi connectivity index (χ1n) is 11.2. The molecule has 0 aliphatic heterocycles. The molecule has 0 radical (unpaired) electrons. The molecule has 0 aliphatic rings. The van der Waals surface area contributed by atoms with E-state index in [1.54, 1.807) is 18.2 Å². The molecule has 4 aromatic rings. The van der Waals surface area contributed by atoms with Gasteiger partial charge in [0.25, 0.3) is 0 Å². The summed E-state index contributed by atoms with van der Waals surface area (Å²) in [7, 11) is -1.02. The van der Waals surface area contributed by atoms with Crippen LogP contribution >= 0.6 is 11.3 Å². The van der Waals surface area contributed by atoms with Crippen molar-refractivity contribution in [3.05, 3.63) is 53.3 Å². The highest BCUT2D eigenvalue weighted by atomic mass is 32.2. The van der Waals surface area contributed by atoms with Gasteiger partial charge in [-0.15, -0.1) is 21.5 Å². The van der Waals surface area contributed by atoms with Crippen LogP contribution in [0.5, 0.6) is 11.5 Å². The maximum atomic E-state index is 13.3. The molecule has 0 saturated carbocycles. The topological polar surface area (TPSA) is 134 Å². The maximum absolute atomic E-state index is 13.3. The van der Waals surface area contributed by atoms with E-state index in [1.807, 2.05) is 19.2 Å². The predicted molar refractivity (Wildman–Crippen MR) is 137 cm³/mol. The van der Waals surface area contributed by atoms with Crippen LogP contribution in [-0.2, 0) is 16.4 Å². The molecule has 4 rings (SSSR count). The van der Waals surface area contributed by atoms with Crippen molar-refractivity contribution >= 4 is 27.3 Å². The minimum absolute atomic E-state index is 0.0428. The number of anilines is 1. The standard InChI is InChI=1S/C23H26FN7O4S2/c1-13(2)16-12-36-22(27-16)21-28-29-23(31(21)20-17(34-4)7-6-8-18(20)35-5)30-37(32,33)14(3)9-19-25-10-15(24)11-26-19/h6-8,10-14H,9H2,1-5H3,(H,29,30)/t14-/m0/s1. The highest BCUT2D eigenvalue weighted by Gasteiger charge is 2.29. The number of hydrogen-bond donors (Lipinski definition) is 1. The molecule has 3 heterocycles. The Kier molecular flexibility index (Phi) is 7.68. The summed E-state index contributed by atoms with van der Waals surface area (Å²) in [6.45, 7) is 5.55. The van der Waals surface area contributed by atoms with E-state index in [-0.39, 0.29) is 24.1 Å². The van der Waals surface area contributed by atoms with E-state index >= 15 is 0 Å². The van der Waals surface area contributed by atoms with Crippen LogP contribution in [0.15, 0.2) is 36.0 Å². The molecular weight excluding hydrogens is 521 g/mol. The van der Waals surface area contributed by atoms with E-state index in [0.29, 0.717) is 28.0 Å². The Balaban J connectivity index is 1.80. The molecule has 0 bridgehead atoms. The second kappa shape index (κ2) is 10.8. The normalized spacial score (nSPS) is 12.5. The molecule has 14 heteroatoms. The smallest absolute Gasteiger partial charge is 0.243 e. The van der Waals surface area contributed by atoms with Crippen LogP contribution in [0.2, 0.25) is 0 Å². The number of sulfonamides is 1. The summed E-state index contributed by atoms with van der Waals surface area (Å²) in [5, 5.41) is 9.93. The zero-order valence-electron chi connectivity index (χ0n) is 20.8. The first kappa shape index (κ1) is 26.4.